The van der Waals surface area contributed by atoms with Gasteiger partial charge in [-0.05, 0) is 62.1 Å². The molecule has 0 aliphatic carbocycles. The molecule has 0 N–H and O–H groups in total. The quantitative estimate of drug-likeness (QED) is 0.791. The van der Waals surface area contributed by atoms with E-state index in [-0.39, 0.29) is 11.9 Å². The van der Waals surface area contributed by atoms with Crippen LogP contribution in [0.3, 0.4) is 0 Å². The van der Waals surface area contributed by atoms with E-state index < -0.39 is 0 Å². The van der Waals surface area contributed by atoms with Crippen molar-refractivity contribution in [2.75, 3.05) is 38.8 Å². The highest BCUT2D eigenvalue weighted by Gasteiger charge is 2.32. The maximum absolute atomic E-state index is 13.2. The van der Waals surface area contributed by atoms with Crippen molar-refractivity contribution in [2.45, 2.75) is 31.7 Å². The minimum Gasteiger partial charge on any atom is -0.497 e. The Morgan fingerprint density at radius 3 is 2.75 bits per heavy atom. The predicted molar refractivity (Wildman–Crippen MR) is 110 cm³/mol. The Morgan fingerprint density at radius 1 is 1.07 bits per heavy atom. The molecule has 0 bridgehead atoms. The number of carbonyl (C=O) groups is 1. The molecule has 2 aliphatic heterocycles. The van der Waals surface area contributed by atoms with Crippen LogP contribution in [0.5, 0.6) is 11.5 Å². The average molecular weight is 380 g/mol. The summed E-state index contributed by atoms with van der Waals surface area (Å²) < 4.78 is 11.0. The monoisotopic (exact) mass is 380 g/mol. The lowest BCUT2D eigenvalue weighted by Crippen LogP contribution is -2.42. The highest BCUT2D eigenvalue weighted by atomic mass is 16.5. The van der Waals surface area contributed by atoms with E-state index >= 15 is 0 Å². The van der Waals surface area contributed by atoms with Gasteiger partial charge in [-0.15, -0.1) is 0 Å². The van der Waals surface area contributed by atoms with Crippen LogP contribution >= 0.6 is 0 Å². The number of hydrogen-bond acceptors (Lipinski definition) is 4. The van der Waals surface area contributed by atoms with E-state index in [0.29, 0.717) is 6.54 Å². The molecule has 0 spiro atoms. The van der Waals surface area contributed by atoms with Gasteiger partial charge in [-0.3, -0.25) is 9.69 Å². The molecule has 1 unspecified atom stereocenters. The van der Waals surface area contributed by atoms with Gasteiger partial charge in [-0.1, -0.05) is 18.2 Å². The summed E-state index contributed by atoms with van der Waals surface area (Å²) in [5, 5.41) is 0. The first-order chi connectivity index (χ1) is 13.7. The first kappa shape index (κ1) is 18.8. The maximum Gasteiger partial charge on any atom is 0.241 e. The molecule has 2 aromatic carbocycles. The summed E-state index contributed by atoms with van der Waals surface area (Å²) in [6, 6.07) is 14.4. The third-order valence-electron chi connectivity index (χ3n) is 5.91. The number of likely N-dealkylation sites (tertiary alicyclic amines) is 1. The standard InChI is InChI=1S/C23H28N2O3/c1-27-18-11-12-22(28-2)19(15-18)21-10-6-13-24(21)16-23(26)25-14-5-8-17-7-3-4-9-20(17)25/h3-4,7,9,11-12,15,21H,5-6,8,10,13-14,16H2,1-2H3. The molecule has 2 aliphatic rings. The van der Waals surface area contributed by atoms with Crippen molar-refractivity contribution in [2.24, 2.45) is 0 Å². The third kappa shape index (κ3) is 3.59. The lowest BCUT2D eigenvalue weighted by atomic mass is 10.0. The molecular weight excluding hydrogens is 352 g/mol. The molecule has 5 heteroatoms. The first-order valence-corrected chi connectivity index (χ1v) is 10.1. The summed E-state index contributed by atoms with van der Waals surface area (Å²) in [7, 11) is 3.37. The Kier molecular flexibility index (Phi) is 5.53. The molecule has 1 saturated heterocycles. The van der Waals surface area contributed by atoms with Gasteiger partial charge in [0.1, 0.15) is 11.5 Å². The van der Waals surface area contributed by atoms with E-state index in [0.717, 1.165) is 61.5 Å². The van der Waals surface area contributed by atoms with Gasteiger partial charge in [0, 0.05) is 23.8 Å². The second-order valence-electron chi connectivity index (χ2n) is 7.51. The largest absolute Gasteiger partial charge is 0.497 e. The van der Waals surface area contributed by atoms with Gasteiger partial charge >= 0.3 is 0 Å². The fourth-order valence-corrected chi connectivity index (χ4v) is 4.52. The highest BCUT2D eigenvalue weighted by molar-refractivity contribution is 5.96. The van der Waals surface area contributed by atoms with Crippen molar-refractivity contribution in [3.8, 4) is 11.5 Å². The number of carbonyl (C=O) groups excluding carboxylic acids is 1. The topological polar surface area (TPSA) is 42.0 Å². The van der Waals surface area contributed by atoms with Crippen LogP contribution in [0.2, 0.25) is 0 Å². The molecule has 1 atom stereocenters. The fraction of sp³-hybridized carbons (Fsp3) is 0.435. The molecular formula is C23H28N2O3. The Labute approximate surface area is 166 Å². The van der Waals surface area contributed by atoms with Crippen LogP contribution in [0, 0.1) is 0 Å². The number of amides is 1. The van der Waals surface area contributed by atoms with Crippen molar-refractivity contribution in [3.63, 3.8) is 0 Å². The van der Waals surface area contributed by atoms with E-state index in [1.165, 1.54) is 5.56 Å². The lowest BCUT2D eigenvalue weighted by Gasteiger charge is -2.32. The van der Waals surface area contributed by atoms with Crippen LogP contribution in [0.4, 0.5) is 5.69 Å². The van der Waals surface area contributed by atoms with Crippen molar-refractivity contribution in [1.29, 1.82) is 0 Å². The zero-order valence-corrected chi connectivity index (χ0v) is 16.7. The van der Waals surface area contributed by atoms with Crippen molar-refractivity contribution in [3.05, 3.63) is 53.6 Å². The maximum atomic E-state index is 13.2. The van der Waals surface area contributed by atoms with E-state index in [9.17, 15) is 4.79 Å². The third-order valence-corrected chi connectivity index (χ3v) is 5.91. The van der Waals surface area contributed by atoms with E-state index in [2.05, 4.69) is 23.1 Å². The van der Waals surface area contributed by atoms with Gasteiger partial charge in [0.15, 0.2) is 0 Å². The van der Waals surface area contributed by atoms with Crippen LogP contribution in [-0.4, -0.2) is 44.7 Å². The summed E-state index contributed by atoms with van der Waals surface area (Å²) in [4.78, 5) is 17.5. The van der Waals surface area contributed by atoms with E-state index in [1.807, 2.05) is 29.2 Å². The number of nitrogens with zero attached hydrogens (tertiary/aromatic N) is 2. The highest BCUT2D eigenvalue weighted by Crippen LogP contribution is 2.39. The Morgan fingerprint density at radius 2 is 1.93 bits per heavy atom. The number of para-hydroxylation sites is 1. The van der Waals surface area contributed by atoms with Gasteiger partial charge < -0.3 is 14.4 Å². The smallest absolute Gasteiger partial charge is 0.241 e. The molecule has 0 aromatic heterocycles. The molecule has 1 fully saturated rings. The second kappa shape index (κ2) is 8.23. The summed E-state index contributed by atoms with van der Waals surface area (Å²) >= 11 is 0. The number of rotatable bonds is 5. The number of benzene rings is 2. The molecule has 1 amide bonds. The molecule has 5 nitrogen and oxygen atoms in total. The molecule has 28 heavy (non-hydrogen) atoms. The van der Waals surface area contributed by atoms with Crippen LogP contribution < -0.4 is 14.4 Å². The number of anilines is 1. The number of hydrogen-bond donors (Lipinski definition) is 0. The van der Waals surface area contributed by atoms with Crippen molar-refractivity contribution in [1.82, 2.24) is 4.90 Å². The van der Waals surface area contributed by atoms with Gasteiger partial charge in [0.25, 0.3) is 0 Å². The van der Waals surface area contributed by atoms with Gasteiger partial charge in [0.05, 0.1) is 20.8 Å². The van der Waals surface area contributed by atoms with Crippen LogP contribution in [0.15, 0.2) is 42.5 Å². The number of methoxy groups -OCH3 is 2. The van der Waals surface area contributed by atoms with E-state index in [1.54, 1.807) is 14.2 Å². The number of ether oxygens (including phenoxy) is 2. The molecule has 148 valence electrons. The summed E-state index contributed by atoms with van der Waals surface area (Å²) in [6.45, 7) is 2.16. The van der Waals surface area contributed by atoms with Crippen LogP contribution in [-0.2, 0) is 11.2 Å². The zero-order valence-electron chi connectivity index (χ0n) is 16.7. The minimum atomic E-state index is 0.175. The van der Waals surface area contributed by atoms with Crippen molar-refractivity contribution < 1.29 is 14.3 Å². The van der Waals surface area contributed by atoms with E-state index in [4.69, 9.17) is 9.47 Å². The van der Waals surface area contributed by atoms with Gasteiger partial charge in [-0.25, -0.2) is 0 Å². The number of aryl methyl sites for hydroxylation is 1. The summed E-state index contributed by atoms with van der Waals surface area (Å²) in [6.07, 6.45) is 4.17. The summed E-state index contributed by atoms with van der Waals surface area (Å²) in [5.74, 6) is 1.85. The molecule has 4 rings (SSSR count). The van der Waals surface area contributed by atoms with Crippen LogP contribution in [0.1, 0.15) is 36.4 Å². The summed E-state index contributed by atoms with van der Waals surface area (Å²) in [5.41, 5.74) is 3.45. The predicted octanol–water partition coefficient (Wildman–Crippen LogP) is 3.82. The van der Waals surface area contributed by atoms with Crippen LogP contribution in [0.25, 0.3) is 0 Å². The average Bonchev–Trinajstić information content (AvgIpc) is 3.20. The SMILES string of the molecule is COc1ccc(OC)c(C2CCCN2CC(=O)N2CCCc3ccccc32)c1. The lowest BCUT2D eigenvalue weighted by molar-refractivity contribution is -0.120. The minimum absolute atomic E-state index is 0.175. The van der Waals surface area contributed by atoms with Gasteiger partial charge in [-0.2, -0.15) is 0 Å². The second-order valence-corrected chi connectivity index (χ2v) is 7.51. The molecule has 0 saturated carbocycles. The molecule has 0 radical (unpaired) electrons. The Hall–Kier alpha value is -2.53. The molecule has 2 aromatic rings. The van der Waals surface area contributed by atoms with Crippen molar-refractivity contribution >= 4 is 11.6 Å². The first-order valence-electron chi connectivity index (χ1n) is 10.1. The Balaban J connectivity index is 1.55. The fourth-order valence-electron chi connectivity index (χ4n) is 4.52. The van der Waals surface area contributed by atoms with Gasteiger partial charge in [0.2, 0.25) is 5.91 Å². The zero-order chi connectivity index (χ0) is 19.5. The Bertz CT molecular complexity index is 851. The molecule has 2 heterocycles. The number of fused-ring (bicyclic) bond motifs is 1. The normalized spacial score (nSPS) is 19.4.